The maximum atomic E-state index is 5.98. The molecule has 1 aliphatic rings. The molecule has 0 spiro atoms. The van der Waals surface area contributed by atoms with E-state index in [0.717, 1.165) is 34.2 Å². The van der Waals surface area contributed by atoms with E-state index in [0.29, 0.717) is 6.61 Å². The van der Waals surface area contributed by atoms with E-state index >= 15 is 0 Å². The van der Waals surface area contributed by atoms with Crippen molar-refractivity contribution in [2.75, 3.05) is 19.0 Å². The molecule has 104 valence electrons. The fourth-order valence-corrected chi connectivity index (χ4v) is 2.48. The van der Waals surface area contributed by atoms with Crippen LogP contribution >= 0.6 is 11.6 Å². The summed E-state index contributed by atoms with van der Waals surface area (Å²) in [6, 6.07) is 13.6. The van der Waals surface area contributed by atoms with E-state index in [1.807, 2.05) is 49.5 Å². The smallest absolute Gasteiger partial charge is 0.137 e. The highest BCUT2D eigenvalue weighted by molar-refractivity contribution is 6.30. The SMILES string of the molecule is CNc1ccc(OCC2Cc3cc(Cl)ccc3O2)cc1. The van der Waals surface area contributed by atoms with Crippen molar-refractivity contribution in [2.24, 2.45) is 0 Å². The number of rotatable bonds is 4. The Morgan fingerprint density at radius 3 is 2.80 bits per heavy atom. The Kier molecular flexibility index (Phi) is 3.70. The van der Waals surface area contributed by atoms with Crippen molar-refractivity contribution < 1.29 is 9.47 Å². The molecule has 20 heavy (non-hydrogen) atoms. The van der Waals surface area contributed by atoms with Gasteiger partial charge in [-0.1, -0.05) is 11.6 Å². The van der Waals surface area contributed by atoms with Gasteiger partial charge in [0, 0.05) is 24.2 Å². The first kappa shape index (κ1) is 13.1. The molecule has 2 aromatic rings. The molecule has 0 radical (unpaired) electrons. The van der Waals surface area contributed by atoms with Gasteiger partial charge in [-0.15, -0.1) is 0 Å². The second-order valence-corrected chi connectivity index (χ2v) is 5.22. The van der Waals surface area contributed by atoms with E-state index < -0.39 is 0 Å². The molecule has 3 rings (SSSR count). The van der Waals surface area contributed by atoms with Crippen molar-refractivity contribution in [3.8, 4) is 11.5 Å². The minimum absolute atomic E-state index is 0.0486. The number of benzene rings is 2. The zero-order valence-corrected chi connectivity index (χ0v) is 12.0. The monoisotopic (exact) mass is 289 g/mol. The summed E-state index contributed by atoms with van der Waals surface area (Å²) in [5, 5.41) is 3.82. The Morgan fingerprint density at radius 1 is 1.25 bits per heavy atom. The highest BCUT2D eigenvalue weighted by Crippen LogP contribution is 2.31. The lowest BCUT2D eigenvalue weighted by atomic mass is 10.1. The van der Waals surface area contributed by atoms with Gasteiger partial charge in [-0.3, -0.25) is 0 Å². The van der Waals surface area contributed by atoms with Crippen molar-refractivity contribution in [2.45, 2.75) is 12.5 Å². The van der Waals surface area contributed by atoms with E-state index in [4.69, 9.17) is 21.1 Å². The van der Waals surface area contributed by atoms with Crippen LogP contribution in [0.2, 0.25) is 5.02 Å². The molecule has 0 saturated carbocycles. The van der Waals surface area contributed by atoms with Gasteiger partial charge in [0.05, 0.1) is 0 Å². The minimum Gasteiger partial charge on any atom is -0.490 e. The third-order valence-electron chi connectivity index (χ3n) is 3.34. The maximum Gasteiger partial charge on any atom is 0.137 e. The standard InChI is InChI=1S/C16H16ClNO2/c1-18-13-3-5-14(6-4-13)19-10-15-9-11-8-12(17)2-7-16(11)20-15/h2-8,15,18H,9-10H2,1H3. The molecule has 1 heterocycles. The highest BCUT2D eigenvalue weighted by Gasteiger charge is 2.23. The van der Waals surface area contributed by atoms with E-state index in [9.17, 15) is 0 Å². The van der Waals surface area contributed by atoms with E-state index in [-0.39, 0.29) is 6.10 Å². The third-order valence-corrected chi connectivity index (χ3v) is 3.58. The molecular weight excluding hydrogens is 274 g/mol. The molecule has 4 heteroatoms. The summed E-state index contributed by atoms with van der Waals surface area (Å²) in [7, 11) is 1.89. The van der Waals surface area contributed by atoms with Gasteiger partial charge in [0.2, 0.25) is 0 Å². The Hall–Kier alpha value is -1.87. The number of hydrogen-bond donors (Lipinski definition) is 1. The topological polar surface area (TPSA) is 30.5 Å². The van der Waals surface area contributed by atoms with Gasteiger partial charge in [-0.25, -0.2) is 0 Å². The molecule has 1 aliphatic heterocycles. The average molecular weight is 290 g/mol. The lowest BCUT2D eigenvalue weighted by molar-refractivity contribution is 0.148. The summed E-state index contributed by atoms with van der Waals surface area (Å²) in [5.74, 6) is 1.76. The summed E-state index contributed by atoms with van der Waals surface area (Å²) in [4.78, 5) is 0. The first-order valence-corrected chi connectivity index (χ1v) is 6.98. The number of hydrogen-bond acceptors (Lipinski definition) is 3. The fourth-order valence-electron chi connectivity index (χ4n) is 2.29. The van der Waals surface area contributed by atoms with Crippen molar-refractivity contribution in [3.63, 3.8) is 0 Å². The van der Waals surface area contributed by atoms with Crippen LogP contribution < -0.4 is 14.8 Å². The molecule has 0 aromatic heterocycles. The molecule has 1 atom stereocenters. The molecule has 0 bridgehead atoms. The van der Waals surface area contributed by atoms with E-state index in [1.54, 1.807) is 0 Å². The Bertz CT molecular complexity index is 598. The van der Waals surface area contributed by atoms with Crippen molar-refractivity contribution >= 4 is 17.3 Å². The van der Waals surface area contributed by atoms with Gasteiger partial charge in [0.15, 0.2) is 0 Å². The Balaban J connectivity index is 1.58. The normalized spacial score (nSPS) is 16.4. The van der Waals surface area contributed by atoms with Gasteiger partial charge in [-0.2, -0.15) is 0 Å². The van der Waals surface area contributed by atoms with Crippen LogP contribution in [0.4, 0.5) is 5.69 Å². The molecule has 2 aromatic carbocycles. The highest BCUT2D eigenvalue weighted by atomic mass is 35.5. The molecule has 1 N–H and O–H groups in total. The average Bonchev–Trinajstić information content (AvgIpc) is 2.87. The maximum absolute atomic E-state index is 5.98. The lowest BCUT2D eigenvalue weighted by Gasteiger charge is -2.12. The van der Waals surface area contributed by atoms with Crippen LogP contribution in [0.15, 0.2) is 42.5 Å². The molecule has 1 unspecified atom stereocenters. The first-order valence-electron chi connectivity index (χ1n) is 6.60. The fraction of sp³-hybridized carbons (Fsp3) is 0.250. The van der Waals surface area contributed by atoms with Crippen LogP contribution in [0.3, 0.4) is 0 Å². The molecule has 0 aliphatic carbocycles. The summed E-state index contributed by atoms with van der Waals surface area (Å²) in [6.07, 6.45) is 0.886. The number of ether oxygens (including phenoxy) is 2. The summed E-state index contributed by atoms with van der Waals surface area (Å²) >= 11 is 5.98. The first-order chi connectivity index (χ1) is 9.74. The molecular formula is C16H16ClNO2. The van der Waals surface area contributed by atoms with E-state index in [1.165, 1.54) is 0 Å². The van der Waals surface area contributed by atoms with Crippen LogP contribution in [0, 0.1) is 0 Å². The van der Waals surface area contributed by atoms with Gasteiger partial charge in [0.1, 0.15) is 24.2 Å². The number of halogens is 1. The zero-order chi connectivity index (χ0) is 13.9. The van der Waals surface area contributed by atoms with Crippen LogP contribution in [-0.2, 0) is 6.42 Å². The third kappa shape index (κ3) is 2.83. The van der Waals surface area contributed by atoms with E-state index in [2.05, 4.69) is 5.32 Å². The predicted molar refractivity (Wildman–Crippen MR) is 81.1 cm³/mol. The Morgan fingerprint density at radius 2 is 2.05 bits per heavy atom. The largest absolute Gasteiger partial charge is 0.490 e. The van der Waals surface area contributed by atoms with Crippen molar-refractivity contribution in [1.29, 1.82) is 0 Å². The lowest BCUT2D eigenvalue weighted by Crippen LogP contribution is -2.22. The van der Waals surface area contributed by atoms with Crippen LogP contribution in [-0.4, -0.2) is 19.8 Å². The molecule has 3 nitrogen and oxygen atoms in total. The van der Waals surface area contributed by atoms with Crippen molar-refractivity contribution in [3.05, 3.63) is 53.1 Å². The number of anilines is 1. The second kappa shape index (κ2) is 5.63. The van der Waals surface area contributed by atoms with Crippen molar-refractivity contribution in [1.82, 2.24) is 0 Å². The summed E-state index contributed by atoms with van der Waals surface area (Å²) < 4.78 is 11.6. The molecule has 0 amide bonds. The summed E-state index contributed by atoms with van der Waals surface area (Å²) in [5.41, 5.74) is 2.22. The van der Waals surface area contributed by atoms with Crippen LogP contribution in [0.25, 0.3) is 0 Å². The van der Waals surface area contributed by atoms with Gasteiger partial charge in [0.25, 0.3) is 0 Å². The molecule has 0 saturated heterocycles. The number of nitrogens with one attached hydrogen (secondary N) is 1. The minimum atomic E-state index is 0.0486. The Labute approximate surface area is 123 Å². The molecule has 0 fully saturated rings. The van der Waals surface area contributed by atoms with Gasteiger partial charge >= 0.3 is 0 Å². The second-order valence-electron chi connectivity index (χ2n) is 4.78. The van der Waals surface area contributed by atoms with Gasteiger partial charge in [-0.05, 0) is 48.0 Å². The number of fused-ring (bicyclic) bond motifs is 1. The quantitative estimate of drug-likeness (QED) is 0.929. The van der Waals surface area contributed by atoms with Crippen LogP contribution in [0.1, 0.15) is 5.56 Å². The zero-order valence-electron chi connectivity index (χ0n) is 11.2. The van der Waals surface area contributed by atoms with Crippen LogP contribution in [0.5, 0.6) is 11.5 Å². The summed E-state index contributed by atoms with van der Waals surface area (Å²) in [6.45, 7) is 0.533. The predicted octanol–water partition coefficient (Wildman–Crippen LogP) is 3.76. The van der Waals surface area contributed by atoms with Gasteiger partial charge < -0.3 is 14.8 Å².